The number of alkyl carbamates (subject to hydrolysis) is 1. The summed E-state index contributed by atoms with van der Waals surface area (Å²) in [5.74, 6) is -2.32. The van der Waals surface area contributed by atoms with Gasteiger partial charge in [-0.1, -0.05) is 0 Å². The largest absolute Gasteiger partial charge is 0.506 e. The molecule has 0 fully saturated rings. The second-order valence-electron chi connectivity index (χ2n) is 8.11. The Bertz CT molecular complexity index is 952. The lowest BCUT2D eigenvalue weighted by molar-refractivity contribution is -0.268. The highest BCUT2D eigenvalue weighted by atomic mass is 32.2. The van der Waals surface area contributed by atoms with Crippen LogP contribution < -0.4 is 5.32 Å². The summed E-state index contributed by atoms with van der Waals surface area (Å²) >= 11 is 0. The Hall–Kier alpha value is -2.41. The topological polar surface area (TPSA) is 138 Å². The van der Waals surface area contributed by atoms with Gasteiger partial charge in [0.25, 0.3) is 5.91 Å². The molecule has 0 bridgehead atoms. The number of nitrogens with zero attached hydrogens (tertiary/aromatic N) is 2. The summed E-state index contributed by atoms with van der Waals surface area (Å²) < 4.78 is 62.2. The molecular formula is C18H24F3N3O6S. The first kappa shape index (κ1) is 24.9. The third-order valence-corrected chi connectivity index (χ3v) is 6.62. The number of halogens is 3. The van der Waals surface area contributed by atoms with Gasteiger partial charge >= 0.3 is 12.3 Å². The maximum Gasteiger partial charge on any atom is 0.423 e. The lowest BCUT2D eigenvalue weighted by Gasteiger charge is -2.31. The van der Waals surface area contributed by atoms with Gasteiger partial charge in [-0.2, -0.15) is 17.5 Å². The minimum absolute atomic E-state index is 0.109. The summed E-state index contributed by atoms with van der Waals surface area (Å²) in [4.78, 5) is 27.4. The van der Waals surface area contributed by atoms with Gasteiger partial charge in [0.2, 0.25) is 5.60 Å². The monoisotopic (exact) mass is 467 g/mol. The maximum atomic E-state index is 13.6. The number of aromatic hydroxyl groups is 1. The minimum atomic E-state index is -5.16. The molecule has 1 aliphatic heterocycles. The number of aliphatic hydroxyl groups is 1. The predicted octanol–water partition coefficient (Wildman–Crippen LogP) is 2.22. The van der Waals surface area contributed by atoms with E-state index in [0.29, 0.717) is 0 Å². The molecule has 0 spiro atoms. The first-order chi connectivity index (χ1) is 14.0. The van der Waals surface area contributed by atoms with Crippen LogP contribution in [0.25, 0.3) is 0 Å². The van der Waals surface area contributed by atoms with Crippen LogP contribution in [0.3, 0.4) is 0 Å². The van der Waals surface area contributed by atoms with Crippen molar-refractivity contribution in [1.82, 2.24) is 10.3 Å². The Labute approximate surface area is 177 Å². The molecule has 0 aliphatic carbocycles. The van der Waals surface area contributed by atoms with Crippen molar-refractivity contribution in [3.8, 4) is 5.75 Å². The second kappa shape index (κ2) is 8.61. The Kier molecular flexibility index (Phi) is 6.91. The van der Waals surface area contributed by atoms with Gasteiger partial charge < -0.3 is 20.3 Å². The van der Waals surface area contributed by atoms with Crippen LogP contribution in [0, 0.1) is 0 Å². The standard InChI is InChI=1S/C18H24F3N3O6S/c1-16(2,3)30-15(27)23-12-6-8-31(29,24-14(12)26)9-7-17(28,18(19,20)21)13-5-4-11(25)10-22-13/h4-5,10,12,25,28H,6-9H2,1-3H3,(H,23,27). The summed E-state index contributed by atoms with van der Waals surface area (Å²) in [6, 6.07) is 0.629. The lowest BCUT2D eigenvalue weighted by atomic mass is 9.95. The van der Waals surface area contributed by atoms with Crippen LogP contribution in [-0.4, -0.2) is 60.7 Å². The van der Waals surface area contributed by atoms with E-state index in [4.69, 9.17) is 4.74 Å². The van der Waals surface area contributed by atoms with Crippen LogP contribution in [0.4, 0.5) is 18.0 Å². The van der Waals surface area contributed by atoms with E-state index in [2.05, 4.69) is 14.7 Å². The summed E-state index contributed by atoms with van der Waals surface area (Å²) in [6.45, 7) is 4.87. The molecule has 174 valence electrons. The molecule has 2 heterocycles. The van der Waals surface area contributed by atoms with Gasteiger partial charge in [-0.25, -0.2) is 9.00 Å². The fourth-order valence-electron chi connectivity index (χ4n) is 2.78. The molecule has 3 N–H and O–H groups in total. The fraction of sp³-hybridized carbons (Fsp3) is 0.611. The molecule has 0 aromatic carbocycles. The average Bonchev–Trinajstić information content (AvgIpc) is 2.60. The molecule has 13 heteroatoms. The van der Waals surface area contributed by atoms with Gasteiger partial charge in [-0.15, -0.1) is 0 Å². The van der Waals surface area contributed by atoms with Gasteiger partial charge in [-0.05, 0) is 39.3 Å². The zero-order chi connectivity index (χ0) is 23.7. The van der Waals surface area contributed by atoms with Crippen LogP contribution in [0.1, 0.15) is 39.3 Å². The first-order valence-corrected chi connectivity index (χ1v) is 11.1. The van der Waals surface area contributed by atoms with Crippen molar-refractivity contribution in [1.29, 1.82) is 0 Å². The average molecular weight is 467 g/mol. The van der Waals surface area contributed by atoms with Gasteiger partial charge in [0.15, 0.2) is 0 Å². The van der Waals surface area contributed by atoms with Crippen LogP contribution in [-0.2, 0) is 24.9 Å². The number of carbonyl (C=O) groups is 2. The van der Waals surface area contributed by atoms with Crippen LogP contribution in [0.15, 0.2) is 22.7 Å². The second-order valence-corrected chi connectivity index (χ2v) is 10.7. The number of ether oxygens (including phenoxy) is 1. The summed E-state index contributed by atoms with van der Waals surface area (Å²) in [6.07, 6.45) is -6.46. The Morgan fingerprint density at radius 2 is 1.97 bits per heavy atom. The van der Waals surface area contributed by atoms with Crippen molar-refractivity contribution in [3.05, 3.63) is 24.0 Å². The van der Waals surface area contributed by atoms with E-state index in [1.54, 1.807) is 20.8 Å². The van der Waals surface area contributed by atoms with E-state index in [-0.39, 0.29) is 12.2 Å². The van der Waals surface area contributed by atoms with Crippen molar-refractivity contribution in [2.24, 2.45) is 4.36 Å². The summed E-state index contributed by atoms with van der Waals surface area (Å²) in [5, 5.41) is 21.8. The molecular weight excluding hydrogens is 443 g/mol. The highest BCUT2D eigenvalue weighted by molar-refractivity contribution is 7.93. The molecule has 2 rings (SSSR count). The van der Waals surface area contributed by atoms with Crippen molar-refractivity contribution >= 4 is 21.7 Å². The van der Waals surface area contributed by atoms with Gasteiger partial charge in [-0.3, -0.25) is 9.78 Å². The number of aromatic nitrogens is 1. The van der Waals surface area contributed by atoms with Crippen molar-refractivity contribution in [2.75, 3.05) is 11.5 Å². The number of hydrogen-bond donors (Lipinski definition) is 3. The number of carbonyl (C=O) groups excluding carboxylic acids is 2. The molecule has 0 saturated carbocycles. The molecule has 3 unspecified atom stereocenters. The van der Waals surface area contributed by atoms with E-state index in [1.165, 1.54) is 0 Å². The Morgan fingerprint density at radius 3 is 2.45 bits per heavy atom. The van der Waals surface area contributed by atoms with E-state index < -0.39 is 68.8 Å². The van der Waals surface area contributed by atoms with E-state index in [0.717, 1.165) is 18.3 Å². The normalized spacial score (nSPS) is 24.1. The van der Waals surface area contributed by atoms with Crippen molar-refractivity contribution < 1.29 is 41.9 Å². The van der Waals surface area contributed by atoms with Gasteiger partial charge in [0.05, 0.1) is 21.6 Å². The number of amides is 2. The van der Waals surface area contributed by atoms with Crippen LogP contribution >= 0.6 is 0 Å². The van der Waals surface area contributed by atoms with E-state index in [9.17, 15) is 37.2 Å². The lowest BCUT2D eigenvalue weighted by Crippen LogP contribution is -2.47. The molecule has 3 atom stereocenters. The highest BCUT2D eigenvalue weighted by Gasteiger charge is 2.56. The molecule has 0 saturated heterocycles. The molecule has 1 aromatic heterocycles. The third-order valence-electron chi connectivity index (χ3n) is 4.39. The molecule has 0 radical (unpaired) electrons. The zero-order valence-corrected chi connectivity index (χ0v) is 17.9. The van der Waals surface area contributed by atoms with Crippen LogP contribution in [0.5, 0.6) is 5.75 Å². The number of alkyl halides is 3. The smallest absolute Gasteiger partial charge is 0.423 e. The SMILES string of the molecule is CC(C)(C)OC(=O)NC1CCS(=O)(CCC(O)(c2ccc(O)cn2)C(F)(F)F)=NC1=O. The van der Waals surface area contributed by atoms with E-state index >= 15 is 0 Å². The maximum absolute atomic E-state index is 13.6. The van der Waals surface area contributed by atoms with Crippen LogP contribution in [0.2, 0.25) is 0 Å². The number of rotatable bonds is 5. The van der Waals surface area contributed by atoms with Gasteiger partial charge in [0.1, 0.15) is 17.4 Å². The van der Waals surface area contributed by atoms with Crippen molar-refractivity contribution in [3.63, 3.8) is 0 Å². The van der Waals surface area contributed by atoms with Gasteiger partial charge in [0, 0.05) is 17.9 Å². The summed E-state index contributed by atoms with van der Waals surface area (Å²) in [5.41, 5.74) is -5.04. The molecule has 1 aliphatic rings. The number of hydrogen-bond acceptors (Lipinski definition) is 7. The Balaban J connectivity index is 2.16. The number of pyridine rings is 1. The van der Waals surface area contributed by atoms with Crippen molar-refractivity contribution in [2.45, 2.75) is 57.0 Å². The molecule has 9 nitrogen and oxygen atoms in total. The first-order valence-electron chi connectivity index (χ1n) is 9.25. The third kappa shape index (κ3) is 6.29. The summed E-state index contributed by atoms with van der Waals surface area (Å²) in [7, 11) is -3.41. The Morgan fingerprint density at radius 1 is 1.32 bits per heavy atom. The predicted molar refractivity (Wildman–Crippen MR) is 104 cm³/mol. The minimum Gasteiger partial charge on any atom is -0.506 e. The quantitative estimate of drug-likeness (QED) is 0.604. The zero-order valence-electron chi connectivity index (χ0n) is 17.1. The molecule has 1 aromatic rings. The highest BCUT2D eigenvalue weighted by Crippen LogP contribution is 2.41. The van der Waals surface area contributed by atoms with E-state index in [1.807, 2.05) is 0 Å². The fourth-order valence-corrected chi connectivity index (χ4v) is 4.84. The molecule has 31 heavy (non-hydrogen) atoms. The number of nitrogens with one attached hydrogen (secondary N) is 1. The molecule has 2 amide bonds.